The van der Waals surface area contributed by atoms with Gasteiger partial charge in [-0.1, -0.05) is 20.8 Å². The van der Waals surface area contributed by atoms with Gasteiger partial charge >= 0.3 is 26.9 Å². The Morgan fingerprint density at radius 3 is 0.757 bits per heavy atom. The number of aliphatic hydroxyl groups is 9. The first-order valence-electron chi connectivity index (χ1n) is 34.0. The van der Waals surface area contributed by atoms with Crippen LogP contribution in [0.25, 0.3) is 0 Å². The van der Waals surface area contributed by atoms with Crippen molar-refractivity contribution in [3.05, 3.63) is 0 Å². The molecule has 45 heteroatoms. The molecule has 13 N–H and O–H groups in total. The molecule has 0 saturated carbocycles. The van der Waals surface area contributed by atoms with Crippen LogP contribution in [0, 0.1) is 23.2 Å². The molecule has 3 rings (SSSR count). The zero-order valence-electron chi connectivity index (χ0n) is 59.1. The lowest BCUT2D eigenvalue weighted by Gasteiger charge is -2.40. The van der Waals surface area contributed by atoms with E-state index in [0.717, 1.165) is 0 Å². The molecule has 3 aliphatic rings. The van der Waals surface area contributed by atoms with Gasteiger partial charge in [-0.25, -0.2) is 0 Å². The summed E-state index contributed by atoms with van der Waals surface area (Å²) in [6.07, 6.45) is -10.9. The van der Waals surface area contributed by atoms with Crippen molar-refractivity contribution < 1.29 is 178 Å². The third-order valence-corrected chi connectivity index (χ3v) is 22.2. The van der Waals surface area contributed by atoms with E-state index in [-0.39, 0.29) is 217 Å². The molecule has 0 aliphatic carbocycles. The van der Waals surface area contributed by atoms with Gasteiger partial charge in [-0.3, -0.25) is 0 Å². The van der Waals surface area contributed by atoms with Gasteiger partial charge in [0.15, 0.2) is 18.9 Å². The van der Waals surface area contributed by atoms with Crippen molar-refractivity contribution in [3.63, 3.8) is 0 Å². The largest absolute Gasteiger partial charge is 0.394 e. The summed E-state index contributed by atoms with van der Waals surface area (Å²) >= 11 is 20.5. The van der Waals surface area contributed by atoms with E-state index in [4.69, 9.17) is 159 Å². The lowest BCUT2D eigenvalue weighted by Crippen LogP contribution is -2.55. The summed E-state index contributed by atoms with van der Waals surface area (Å²) in [6.45, 7) is -7.77. The first-order chi connectivity index (χ1) is 49.2. The molecule has 3 saturated heterocycles. The maximum atomic E-state index is 10.7. The molecule has 3 aliphatic heterocycles. The number of hydrogen-bond donors (Lipinski definition) is 13. The minimum absolute atomic E-state index is 0.0106. The van der Waals surface area contributed by atoms with Crippen molar-refractivity contribution in [2.75, 3.05) is 225 Å². The summed E-state index contributed by atoms with van der Waals surface area (Å²) in [5, 5.41) is 89.0. The molecule has 0 amide bonds. The van der Waals surface area contributed by atoms with Crippen LogP contribution in [-0.4, -0.2) is 364 Å². The van der Waals surface area contributed by atoms with Crippen molar-refractivity contribution in [2.24, 2.45) is 23.2 Å². The average molecular weight is 1660 g/mol. The van der Waals surface area contributed by atoms with Gasteiger partial charge in [0.05, 0.1) is 209 Å². The molecule has 0 aromatic heterocycles. The van der Waals surface area contributed by atoms with E-state index in [1.54, 1.807) is 20.8 Å². The van der Waals surface area contributed by atoms with Crippen LogP contribution in [0.1, 0.15) is 52.9 Å². The fourth-order valence-corrected chi connectivity index (χ4v) is 13.9. The Labute approximate surface area is 623 Å². The van der Waals surface area contributed by atoms with Crippen LogP contribution >= 0.6 is 26.9 Å². The summed E-state index contributed by atoms with van der Waals surface area (Å²) < 4.78 is 134. The molecule has 0 aromatic rings. The number of rotatable bonds is 66. The monoisotopic (exact) mass is 1660 g/mol. The zero-order chi connectivity index (χ0) is 76.0. The standard InChI is InChI=1S/C58H116O37P4S4/c1-43-49(62)52(65)46(36-59)93-55(43)83-31-26-74-21-20-73-10-5-16-87-97(69,101)88-17-7-12-80-40-58(39-79-11-6-15-86-96(68,100)72-4,41-81-13-8-18-89-98(70,102)91-34-29-77-24-22-75-27-32-84-56-44(2)50(63)53(66)47(37-60)94-56)42-82-14-9-19-90-99(71,103)92-35-30-78-25-23-76-28-33-85-57-45(3)51(64)54(67)48(38-61)95-57/h43-57,59-67H,5-42H2,1-4H3,(H,68,100)(H,69,101)(H,70,102)(H,71,103)/t43?,44?,45?,46?,47?,48?,49-,50-,51-,52+,53+,54+,55-,56-,57-,58?,96?,97?,98?,99?/m1/s1. The normalized spacial score (nSPS) is 28.5. The predicted molar refractivity (Wildman–Crippen MR) is 377 cm³/mol. The third kappa shape index (κ3) is 42.7. The van der Waals surface area contributed by atoms with E-state index in [9.17, 15) is 65.5 Å². The summed E-state index contributed by atoms with van der Waals surface area (Å²) in [5.74, 6) is -1.59. The molecule has 37 nitrogen and oxygen atoms in total. The molecule has 0 bridgehead atoms. The second-order valence-electron chi connectivity index (χ2n) is 23.9. The van der Waals surface area contributed by atoms with Crippen LogP contribution in [0.5, 0.6) is 0 Å². The first-order valence-corrected chi connectivity index (χ1v) is 44.4. The molecule has 103 heavy (non-hydrogen) atoms. The van der Waals surface area contributed by atoms with Crippen LogP contribution in [0.2, 0.25) is 0 Å². The fourth-order valence-electron chi connectivity index (χ4n) is 9.56. The molecule has 0 aromatic carbocycles. The minimum atomic E-state index is -3.67. The molecular formula is C58H116O37P4S4. The summed E-state index contributed by atoms with van der Waals surface area (Å²) in [7, 11) is 1.25. The second kappa shape index (κ2) is 56.4. The Morgan fingerprint density at radius 2 is 0.505 bits per heavy atom. The van der Waals surface area contributed by atoms with Gasteiger partial charge in [-0.2, -0.15) is 0 Å². The zero-order valence-corrected chi connectivity index (χ0v) is 65.9. The maximum absolute atomic E-state index is 10.7. The van der Waals surface area contributed by atoms with Crippen molar-refractivity contribution in [3.8, 4) is 0 Å². The molecule has 0 radical (unpaired) electrons. The lowest BCUT2D eigenvalue weighted by atomic mass is 9.92. The smallest absolute Gasteiger partial charge is 0.324 e. The van der Waals surface area contributed by atoms with E-state index in [1.807, 2.05) is 0 Å². The summed E-state index contributed by atoms with van der Waals surface area (Å²) in [6, 6.07) is 0. The Hall–Kier alpha value is 1.12. The van der Waals surface area contributed by atoms with Gasteiger partial charge in [0.25, 0.3) is 0 Å². The van der Waals surface area contributed by atoms with E-state index in [1.165, 1.54) is 7.11 Å². The Balaban J connectivity index is 1.45. The van der Waals surface area contributed by atoms with Gasteiger partial charge in [0.1, 0.15) is 36.6 Å². The van der Waals surface area contributed by atoms with Crippen LogP contribution in [-0.2, 0) is 159 Å². The van der Waals surface area contributed by atoms with Crippen LogP contribution < -0.4 is 0 Å². The Morgan fingerprint density at radius 1 is 0.291 bits per heavy atom. The fraction of sp³-hybridized carbons (Fsp3) is 1.00. The van der Waals surface area contributed by atoms with Crippen LogP contribution in [0.3, 0.4) is 0 Å². The molecule has 0 spiro atoms. The number of ether oxygens (including phenoxy) is 16. The van der Waals surface area contributed by atoms with Crippen molar-refractivity contribution in [1.82, 2.24) is 0 Å². The molecule has 3 fully saturated rings. The Bertz CT molecular complexity index is 2240. The minimum Gasteiger partial charge on any atom is -0.394 e. The van der Waals surface area contributed by atoms with Gasteiger partial charge in [-0.15, -0.1) is 0 Å². The summed E-state index contributed by atoms with van der Waals surface area (Å²) in [4.78, 5) is 42.2. The lowest BCUT2D eigenvalue weighted by molar-refractivity contribution is -0.284. The van der Waals surface area contributed by atoms with Gasteiger partial charge in [0, 0.05) is 57.9 Å². The van der Waals surface area contributed by atoms with Crippen molar-refractivity contribution in [2.45, 2.75) is 127 Å². The van der Waals surface area contributed by atoms with E-state index in [2.05, 4.69) is 0 Å². The average Bonchev–Trinajstić information content (AvgIpc) is 0.837. The predicted octanol–water partition coefficient (Wildman–Crippen LogP) is -1.01. The quantitative estimate of drug-likeness (QED) is 0.0256. The van der Waals surface area contributed by atoms with Gasteiger partial charge < -0.3 is 178 Å². The molecular weight excluding hydrogens is 1540 g/mol. The highest BCUT2D eigenvalue weighted by atomic mass is 32.5. The number of aliphatic hydroxyl groups excluding tert-OH is 9. The van der Waals surface area contributed by atoms with Gasteiger partial charge in [0.2, 0.25) is 0 Å². The SMILES string of the molecule is COP(O)(=S)OCCCOCC(COCCCOP(O)(=S)OCCCOCCOCCO[C@@H]1OC(CO)[C@H](O)[C@H](O)C1C)(COCCCOP(O)(=S)OCCOCCOCCO[C@@H]1OC(CO)[C@H](O)[C@H](O)C1C)COCCCOP(O)(=S)OCCOCCOCCO[C@@H]1OC(CO)[C@H](O)[C@H](O)C1C. The molecule has 3 heterocycles. The van der Waals surface area contributed by atoms with Crippen molar-refractivity contribution in [1.29, 1.82) is 0 Å². The van der Waals surface area contributed by atoms with Crippen LogP contribution in [0.4, 0.5) is 0 Å². The van der Waals surface area contributed by atoms with Crippen LogP contribution in [0.15, 0.2) is 0 Å². The molecule has 19 atom stereocenters. The maximum Gasteiger partial charge on any atom is 0.324 e. The molecule has 614 valence electrons. The van der Waals surface area contributed by atoms with E-state index < -0.39 is 144 Å². The second-order valence-corrected chi connectivity index (χ2v) is 35.3. The highest BCUT2D eigenvalue weighted by Gasteiger charge is 2.45. The van der Waals surface area contributed by atoms with Crippen molar-refractivity contribution >= 4 is 74.1 Å². The Kier molecular flexibility index (Phi) is 53.8. The molecule has 10 unspecified atom stereocenters. The van der Waals surface area contributed by atoms with Gasteiger partial charge in [-0.05, 0) is 79.3 Å². The summed E-state index contributed by atoms with van der Waals surface area (Å²) in [5.41, 5.74) is -0.988. The number of hydrogen-bond acceptors (Lipinski definition) is 37. The topological polar surface area (TPSA) is 485 Å². The van der Waals surface area contributed by atoms with E-state index in [0.29, 0.717) is 12.8 Å². The highest BCUT2D eigenvalue weighted by molar-refractivity contribution is 8.08. The highest BCUT2D eigenvalue weighted by Crippen LogP contribution is 2.46. The van der Waals surface area contributed by atoms with E-state index >= 15 is 0 Å². The first kappa shape index (κ1) is 98.3. The third-order valence-electron chi connectivity index (χ3n) is 15.5.